The zero-order valence-corrected chi connectivity index (χ0v) is 19.0. The second-order valence-electron chi connectivity index (χ2n) is 7.70. The molecule has 3 rings (SSSR count). The van der Waals surface area contributed by atoms with Gasteiger partial charge in [-0.25, -0.2) is 4.98 Å². The van der Waals surface area contributed by atoms with Gasteiger partial charge in [-0.2, -0.15) is 0 Å². The molecule has 0 radical (unpaired) electrons. The first-order valence-corrected chi connectivity index (χ1v) is 10.7. The zero-order chi connectivity index (χ0) is 22.1. The Morgan fingerprint density at radius 1 is 1.13 bits per heavy atom. The highest BCUT2D eigenvalue weighted by molar-refractivity contribution is 5.79. The van der Waals surface area contributed by atoms with Gasteiger partial charge < -0.3 is 29.9 Å². The molecule has 1 aliphatic heterocycles. The van der Waals surface area contributed by atoms with Crippen LogP contribution >= 0.6 is 0 Å². The summed E-state index contributed by atoms with van der Waals surface area (Å²) < 4.78 is 11.3. The summed E-state index contributed by atoms with van der Waals surface area (Å²) in [6, 6.07) is 11.8. The third-order valence-electron chi connectivity index (χ3n) is 5.27. The molecule has 1 aromatic carbocycles. The van der Waals surface area contributed by atoms with Gasteiger partial charge in [-0.05, 0) is 43.8 Å². The maximum absolute atomic E-state index is 6.00. The van der Waals surface area contributed by atoms with Gasteiger partial charge >= 0.3 is 0 Å². The van der Waals surface area contributed by atoms with E-state index in [0.717, 1.165) is 49.5 Å². The Labute approximate surface area is 185 Å². The molecule has 168 valence electrons. The van der Waals surface area contributed by atoms with Crippen LogP contribution in [0.1, 0.15) is 12.5 Å². The molecule has 1 saturated heterocycles. The van der Waals surface area contributed by atoms with Crippen LogP contribution in [0.5, 0.6) is 11.5 Å². The number of para-hydroxylation sites is 2. The van der Waals surface area contributed by atoms with E-state index in [1.165, 1.54) is 5.56 Å². The number of aliphatic imine (C=N–C) groups is 1. The van der Waals surface area contributed by atoms with Crippen LogP contribution < -0.4 is 25.0 Å². The molecule has 8 nitrogen and oxygen atoms in total. The first-order chi connectivity index (χ1) is 15.1. The fraction of sp³-hybridized carbons (Fsp3) is 0.478. The summed E-state index contributed by atoms with van der Waals surface area (Å²) in [7, 11) is 5.57. The molecule has 2 aromatic rings. The van der Waals surface area contributed by atoms with Gasteiger partial charge in [-0.1, -0.05) is 12.1 Å². The minimum atomic E-state index is -0.0559. The number of ether oxygens (including phenoxy) is 2. The lowest BCUT2D eigenvalue weighted by molar-refractivity contribution is 0.213. The van der Waals surface area contributed by atoms with Crippen LogP contribution in [0.2, 0.25) is 0 Å². The van der Waals surface area contributed by atoms with Crippen LogP contribution in [0.15, 0.2) is 47.6 Å². The van der Waals surface area contributed by atoms with Crippen LogP contribution in [0.3, 0.4) is 0 Å². The fourth-order valence-corrected chi connectivity index (χ4v) is 3.40. The average molecular weight is 427 g/mol. The van der Waals surface area contributed by atoms with Crippen LogP contribution in [0, 0.1) is 0 Å². The average Bonchev–Trinajstić information content (AvgIpc) is 2.80. The third-order valence-corrected chi connectivity index (χ3v) is 5.27. The maximum atomic E-state index is 6.00. The van der Waals surface area contributed by atoms with Gasteiger partial charge in [0, 0.05) is 46.0 Å². The number of guanidine groups is 1. The first-order valence-electron chi connectivity index (χ1n) is 10.7. The smallest absolute Gasteiger partial charge is 0.191 e. The lowest BCUT2D eigenvalue weighted by Crippen LogP contribution is -2.44. The van der Waals surface area contributed by atoms with Gasteiger partial charge in [-0.15, -0.1) is 0 Å². The maximum Gasteiger partial charge on any atom is 0.191 e. The van der Waals surface area contributed by atoms with E-state index in [-0.39, 0.29) is 6.10 Å². The molecule has 1 aromatic heterocycles. The van der Waals surface area contributed by atoms with Crippen molar-refractivity contribution in [3.63, 3.8) is 0 Å². The number of nitrogens with one attached hydrogen (secondary N) is 2. The number of nitrogens with zero attached hydrogens (tertiary/aromatic N) is 4. The summed E-state index contributed by atoms with van der Waals surface area (Å²) in [5.41, 5.74) is 1.17. The van der Waals surface area contributed by atoms with Crippen molar-refractivity contribution in [3.05, 3.63) is 48.2 Å². The van der Waals surface area contributed by atoms with E-state index in [1.54, 1.807) is 14.2 Å². The highest BCUT2D eigenvalue weighted by Crippen LogP contribution is 2.26. The molecule has 1 unspecified atom stereocenters. The molecular formula is C23H34N6O2. The second kappa shape index (κ2) is 11.4. The van der Waals surface area contributed by atoms with Crippen LogP contribution in [0.25, 0.3) is 0 Å². The summed E-state index contributed by atoms with van der Waals surface area (Å²) in [4.78, 5) is 13.6. The van der Waals surface area contributed by atoms with Gasteiger partial charge in [0.05, 0.1) is 13.7 Å². The molecule has 2 N–H and O–H groups in total. The second-order valence-corrected chi connectivity index (χ2v) is 7.70. The number of piperazine rings is 1. The Kier molecular flexibility index (Phi) is 8.35. The van der Waals surface area contributed by atoms with Gasteiger partial charge in [0.2, 0.25) is 0 Å². The van der Waals surface area contributed by atoms with Gasteiger partial charge in [0.1, 0.15) is 11.9 Å². The largest absolute Gasteiger partial charge is 0.493 e. The molecule has 0 spiro atoms. The van der Waals surface area contributed by atoms with E-state index >= 15 is 0 Å². The summed E-state index contributed by atoms with van der Waals surface area (Å²) in [5.74, 6) is 3.23. The van der Waals surface area contributed by atoms with Crippen molar-refractivity contribution in [3.8, 4) is 11.5 Å². The van der Waals surface area contributed by atoms with E-state index in [9.17, 15) is 0 Å². The number of pyridine rings is 1. The van der Waals surface area contributed by atoms with Crippen LogP contribution in [-0.2, 0) is 6.54 Å². The van der Waals surface area contributed by atoms with Gasteiger partial charge in [-0.3, -0.25) is 4.99 Å². The van der Waals surface area contributed by atoms with E-state index < -0.39 is 0 Å². The molecule has 2 heterocycles. The third kappa shape index (κ3) is 6.75. The van der Waals surface area contributed by atoms with Crippen molar-refractivity contribution in [2.45, 2.75) is 19.6 Å². The van der Waals surface area contributed by atoms with E-state index in [2.05, 4.69) is 43.5 Å². The Balaban J connectivity index is 1.47. The molecule has 0 aliphatic carbocycles. The quantitative estimate of drug-likeness (QED) is 0.494. The number of methoxy groups -OCH3 is 1. The molecule has 1 fully saturated rings. The molecule has 0 amide bonds. The van der Waals surface area contributed by atoms with Crippen LogP contribution in [0.4, 0.5) is 5.82 Å². The highest BCUT2D eigenvalue weighted by atomic mass is 16.5. The Hall–Kier alpha value is -3.00. The Morgan fingerprint density at radius 3 is 2.58 bits per heavy atom. The molecule has 1 aliphatic rings. The van der Waals surface area contributed by atoms with Gasteiger partial charge in [0.15, 0.2) is 17.5 Å². The molecule has 1 atom stereocenters. The van der Waals surface area contributed by atoms with Crippen molar-refractivity contribution < 1.29 is 9.47 Å². The van der Waals surface area contributed by atoms with E-state index in [4.69, 9.17) is 9.47 Å². The molecular weight excluding hydrogens is 392 g/mol. The molecule has 0 saturated carbocycles. The normalized spacial score (nSPS) is 16.0. The van der Waals surface area contributed by atoms with Crippen LogP contribution in [-0.4, -0.2) is 75.9 Å². The minimum Gasteiger partial charge on any atom is -0.493 e. The summed E-state index contributed by atoms with van der Waals surface area (Å²) >= 11 is 0. The standard InChI is InChI=1S/C23H34N6O2/c1-18(31-21-8-6-5-7-20(21)30-4)16-26-23(24-2)27-17-19-9-10-25-22(15-19)29-13-11-28(3)12-14-29/h5-10,15,18H,11-14,16-17H2,1-4H3,(H2,24,26,27). The number of likely N-dealkylation sites (N-methyl/N-ethyl adjacent to an activating group) is 1. The number of hydrogen-bond donors (Lipinski definition) is 2. The van der Waals surface area contributed by atoms with E-state index in [0.29, 0.717) is 13.1 Å². The van der Waals surface area contributed by atoms with Gasteiger partial charge in [0.25, 0.3) is 0 Å². The number of aromatic nitrogens is 1. The lowest BCUT2D eigenvalue weighted by atomic mass is 10.2. The van der Waals surface area contributed by atoms with Crippen molar-refractivity contribution in [2.75, 3.05) is 58.8 Å². The first kappa shape index (κ1) is 22.7. The SMILES string of the molecule is CN=C(NCc1ccnc(N2CCN(C)CC2)c1)NCC(C)Oc1ccccc1OC. The van der Waals surface area contributed by atoms with E-state index in [1.807, 2.05) is 43.5 Å². The van der Waals surface area contributed by atoms with Crippen molar-refractivity contribution in [1.82, 2.24) is 20.5 Å². The molecule has 8 heteroatoms. The molecule has 31 heavy (non-hydrogen) atoms. The topological polar surface area (TPSA) is 74.3 Å². The van der Waals surface area contributed by atoms with Crippen molar-refractivity contribution in [2.24, 2.45) is 4.99 Å². The Morgan fingerprint density at radius 2 is 1.87 bits per heavy atom. The minimum absolute atomic E-state index is 0.0559. The zero-order valence-electron chi connectivity index (χ0n) is 19.0. The number of anilines is 1. The Bertz CT molecular complexity index is 851. The highest BCUT2D eigenvalue weighted by Gasteiger charge is 2.15. The lowest BCUT2D eigenvalue weighted by Gasteiger charge is -2.33. The predicted molar refractivity (Wildman–Crippen MR) is 125 cm³/mol. The summed E-state index contributed by atoms with van der Waals surface area (Å²) in [5, 5.41) is 6.69. The summed E-state index contributed by atoms with van der Waals surface area (Å²) in [6.45, 7) is 7.44. The predicted octanol–water partition coefficient (Wildman–Crippen LogP) is 1.97. The number of benzene rings is 1. The fourth-order valence-electron chi connectivity index (χ4n) is 3.40. The summed E-state index contributed by atoms with van der Waals surface area (Å²) in [6.07, 6.45) is 1.82. The monoisotopic (exact) mass is 426 g/mol. The number of hydrogen-bond acceptors (Lipinski definition) is 6. The molecule has 0 bridgehead atoms. The number of rotatable bonds is 8. The van der Waals surface area contributed by atoms with Crippen molar-refractivity contribution >= 4 is 11.8 Å². The van der Waals surface area contributed by atoms with Crippen molar-refractivity contribution in [1.29, 1.82) is 0 Å².